The van der Waals surface area contributed by atoms with Crippen LogP contribution in [0.3, 0.4) is 0 Å². The number of amides is 2. The average molecular weight is 222 g/mol. The van der Waals surface area contributed by atoms with Crippen molar-refractivity contribution < 1.29 is 23.1 Å². The Morgan fingerprint density at radius 2 is 1.60 bits per heavy atom. The predicted molar refractivity (Wildman–Crippen MR) is 46.6 cm³/mol. The summed E-state index contributed by atoms with van der Waals surface area (Å²) in [6, 6.07) is 0. The molecular formula is C8H12F2N2O3. The van der Waals surface area contributed by atoms with E-state index in [-0.39, 0.29) is 26.2 Å². The van der Waals surface area contributed by atoms with E-state index in [2.05, 4.69) is 4.74 Å². The minimum atomic E-state index is -2.98. The number of methoxy groups -OCH3 is 1. The third-order valence-electron chi connectivity index (χ3n) is 2.21. The predicted octanol–water partition coefficient (Wildman–Crippen LogP) is 0.162. The fourth-order valence-corrected chi connectivity index (χ4v) is 1.38. The van der Waals surface area contributed by atoms with Crippen LogP contribution in [-0.4, -0.2) is 61.5 Å². The van der Waals surface area contributed by atoms with Crippen LogP contribution in [-0.2, 0) is 9.53 Å². The van der Waals surface area contributed by atoms with Crippen LogP contribution in [0.4, 0.5) is 13.6 Å². The number of rotatable bonds is 1. The highest BCUT2D eigenvalue weighted by Gasteiger charge is 2.28. The lowest BCUT2D eigenvalue weighted by Gasteiger charge is -2.33. The number of hydrogen-bond acceptors (Lipinski definition) is 3. The molecule has 0 N–H and O–H groups in total. The first-order chi connectivity index (χ1) is 7.06. The first-order valence-electron chi connectivity index (χ1n) is 4.46. The molecule has 0 spiro atoms. The van der Waals surface area contributed by atoms with Crippen molar-refractivity contribution in [3.63, 3.8) is 0 Å². The zero-order valence-corrected chi connectivity index (χ0v) is 8.28. The number of hydrogen-bond donors (Lipinski definition) is 0. The largest absolute Gasteiger partial charge is 0.453 e. The van der Waals surface area contributed by atoms with E-state index in [0.29, 0.717) is 0 Å². The fraction of sp³-hybridized carbons (Fsp3) is 0.750. The molecule has 1 saturated heterocycles. The van der Waals surface area contributed by atoms with Crippen molar-refractivity contribution in [1.82, 2.24) is 9.80 Å². The highest BCUT2D eigenvalue weighted by Crippen LogP contribution is 2.07. The summed E-state index contributed by atoms with van der Waals surface area (Å²) in [6.45, 7) is 0.701. The van der Waals surface area contributed by atoms with Crippen LogP contribution >= 0.6 is 0 Å². The first-order valence-corrected chi connectivity index (χ1v) is 4.46. The van der Waals surface area contributed by atoms with Crippen molar-refractivity contribution >= 4 is 12.0 Å². The fourth-order valence-electron chi connectivity index (χ4n) is 1.38. The SMILES string of the molecule is COC(=O)N1CCN(C(=O)C(F)F)CC1. The summed E-state index contributed by atoms with van der Waals surface area (Å²) < 4.78 is 28.5. The summed E-state index contributed by atoms with van der Waals surface area (Å²) in [5.41, 5.74) is 0. The highest BCUT2D eigenvalue weighted by atomic mass is 19.3. The van der Waals surface area contributed by atoms with Crippen LogP contribution in [0.1, 0.15) is 0 Å². The van der Waals surface area contributed by atoms with Crippen LogP contribution in [0.5, 0.6) is 0 Å². The van der Waals surface area contributed by atoms with Gasteiger partial charge in [-0.1, -0.05) is 0 Å². The lowest BCUT2D eigenvalue weighted by atomic mass is 10.3. The molecule has 15 heavy (non-hydrogen) atoms. The molecule has 0 aliphatic carbocycles. The van der Waals surface area contributed by atoms with Crippen LogP contribution in [0.25, 0.3) is 0 Å². The second-order valence-corrected chi connectivity index (χ2v) is 3.08. The Kier molecular flexibility index (Phi) is 3.81. The minimum absolute atomic E-state index is 0.123. The molecule has 0 aromatic rings. The summed E-state index contributed by atoms with van der Waals surface area (Å²) in [5.74, 6) is -1.18. The molecule has 7 heteroatoms. The molecule has 1 rings (SSSR count). The Hall–Kier alpha value is -1.40. The van der Waals surface area contributed by atoms with E-state index in [9.17, 15) is 18.4 Å². The maximum absolute atomic E-state index is 12.0. The number of ether oxygens (including phenoxy) is 1. The summed E-state index contributed by atoms with van der Waals surface area (Å²) in [7, 11) is 1.25. The molecular weight excluding hydrogens is 210 g/mol. The molecule has 0 unspecified atom stereocenters. The number of carbonyl (C=O) groups is 2. The van der Waals surface area contributed by atoms with Gasteiger partial charge in [0.2, 0.25) is 0 Å². The minimum Gasteiger partial charge on any atom is -0.453 e. The van der Waals surface area contributed by atoms with Crippen molar-refractivity contribution in [2.75, 3.05) is 33.3 Å². The van der Waals surface area contributed by atoms with Crippen molar-refractivity contribution in [2.45, 2.75) is 6.43 Å². The van der Waals surface area contributed by atoms with Gasteiger partial charge in [0.1, 0.15) is 0 Å². The Bertz CT molecular complexity index is 252. The molecule has 0 bridgehead atoms. The second-order valence-electron chi connectivity index (χ2n) is 3.08. The van der Waals surface area contributed by atoms with E-state index in [1.807, 2.05) is 0 Å². The van der Waals surface area contributed by atoms with Gasteiger partial charge in [-0.25, -0.2) is 4.79 Å². The molecule has 2 amide bonds. The summed E-state index contributed by atoms with van der Waals surface area (Å²) >= 11 is 0. The van der Waals surface area contributed by atoms with Gasteiger partial charge >= 0.3 is 12.5 Å². The summed E-state index contributed by atoms with van der Waals surface area (Å²) in [6.07, 6.45) is -3.48. The third kappa shape index (κ3) is 2.77. The normalized spacial score (nSPS) is 16.8. The summed E-state index contributed by atoms with van der Waals surface area (Å²) in [5, 5.41) is 0. The maximum atomic E-state index is 12.0. The number of nitrogens with zero attached hydrogens (tertiary/aromatic N) is 2. The van der Waals surface area contributed by atoms with E-state index in [4.69, 9.17) is 0 Å². The number of carbonyl (C=O) groups excluding carboxylic acids is 2. The van der Waals surface area contributed by atoms with Gasteiger partial charge in [-0.05, 0) is 0 Å². The van der Waals surface area contributed by atoms with Crippen LogP contribution in [0, 0.1) is 0 Å². The molecule has 0 aromatic carbocycles. The first kappa shape index (κ1) is 11.7. The Morgan fingerprint density at radius 1 is 1.13 bits per heavy atom. The Balaban J connectivity index is 2.42. The van der Waals surface area contributed by atoms with E-state index in [1.165, 1.54) is 12.0 Å². The van der Waals surface area contributed by atoms with Gasteiger partial charge in [0.25, 0.3) is 5.91 Å². The van der Waals surface area contributed by atoms with Crippen molar-refractivity contribution in [1.29, 1.82) is 0 Å². The van der Waals surface area contributed by atoms with Crippen LogP contribution in [0.2, 0.25) is 0 Å². The van der Waals surface area contributed by atoms with Crippen LogP contribution in [0.15, 0.2) is 0 Å². The number of piperazine rings is 1. The summed E-state index contributed by atoms with van der Waals surface area (Å²) in [4.78, 5) is 24.3. The molecule has 0 saturated carbocycles. The van der Waals surface area contributed by atoms with Gasteiger partial charge in [0.05, 0.1) is 7.11 Å². The monoisotopic (exact) mass is 222 g/mol. The van der Waals surface area contributed by atoms with Gasteiger partial charge in [-0.3, -0.25) is 4.79 Å². The lowest BCUT2D eigenvalue weighted by Crippen LogP contribution is -2.51. The highest BCUT2D eigenvalue weighted by molar-refractivity contribution is 5.79. The van der Waals surface area contributed by atoms with Crippen molar-refractivity contribution in [3.05, 3.63) is 0 Å². The van der Waals surface area contributed by atoms with Crippen molar-refractivity contribution in [2.24, 2.45) is 0 Å². The van der Waals surface area contributed by atoms with Gasteiger partial charge < -0.3 is 14.5 Å². The molecule has 86 valence electrons. The molecule has 1 aliphatic rings. The zero-order valence-electron chi connectivity index (χ0n) is 8.28. The van der Waals surface area contributed by atoms with E-state index < -0.39 is 18.4 Å². The Morgan fingerprint density at radius 3 is 2.00 bits per heavy atom. The smallest absolute Gasteiger partial charge is 0.409 e. The topological polar surface area (TPSA) is 49.9 Å². The molecule has 1 heterocycles. The molecule has 1 aliphatic heterocycles. The van der Waals surface area contributed by atoms with Gasteiger partial charge in [-0.15, -0.1) is 0 Å². The molecule has 1 fully saturated rings. The Labute approximate surface area is 85.6 Å². The van der Waals surface area contributed by atoms with Crippen molar-refractivity contribution in [3.8, 4) is 0 Å². The molecule has 5 nitrogen and oxygen atoms in total. The second kappa shape index (κ2) is 4.90. The van der Waals surface area contributed by atoms with E-state index in [0.717, 1.165) is 4.90 Å². The third-order valence-corrected chi connectivity index (χ3v) is 2.21. The zero-order chi connectivity index (χ0) is 11.4. The van der Waals surface area contributed by atoms with Gasteiger partial charge in [0, 0.05) is 26.2 Å². The maximum Gasteiger partial charge on any atom is 0.409 e. The van der Waals surface area contributed by atoms with Gasteiger partial charge in [-0.2, -0.15) is 8.78 Å². The lowest BCUT2D eigenvalue weighted by molar-refractivity contribution is -0.144. The molecule has 0 aromatic heterocycles. The average Bonchev–Trinajstić information content (AvgIpc) is 2.27. The number of halogens is 2. The standard InChI is InChI=1S/C8H12F2N2O3/c1-15-8(14)12-4-2-11(3-5-12)7(13)6(9)10/h6H,2-5H2,1H3. The quantitative estimate of drug-likeness (QED) is 0.635. The van der Waals surface area contributed by atoms with Crippen LogP contribution < -0.4 is 0 Å². The van der Waals surface area contributed by atoms with Gasteiger partial charge in [0.15, 0.2) is 0 Å². The number of alkyl halides is 2. The van der Waals surface area contributed by atoms with E-state index in [1.54, 1.807) is 0 Å². The molecule has 0 radical (unpaired) electrons. The molecule has 0 atom stereocenters. The van der Waals surface area contributed by atoms with E-state index >= 15 is 0 Å².